The monoisotopic (exact) mass is 479 g/mol. The molecule has 2 aromatic carbocycles. The Morgan fingerprint density at radius 1 is 1.24 bits per heavy atom. The molecule has 0 bridgehead atoms. The van der Waals surface area contributed by atoms with Crippen LogP contribution in [0.15, 0.2) is 53.4 Å². The Hall–Kier alpha value is -3.23. The highest BCUT2D eigenvalue weighted by molar-refractivity contribution is 7.07. The van der Waals surface area contributed by atoms with Gasteiger partial charge >= 0.3 is 0 Å². The van der Waals surface area contributed by atoms with Crippen molar-refractivity contribution in [2.24, 2.45) is 0 Å². The van der Waals surface area contributed by atoms with Gasteiger partial charge in [0, 0.05) is 29.8 Å². The fraction of sp³-hybridized carbons (Fsp3) is 0.346. The first-order chi connectivity index (χ1) is 16.5. The third-order valence-electron chi connectivity index (χ3n) is 5.90. The maximum atomic E-state index is 13.5. The molecule has 1 atom stereocenters. The number of hydrogen-bond donors (Lipinski definition) is 1. The molecular formula is C26H29N3O4S. The molecule has 0 spiro atoms. The maximum Gasteiger partial charge on any atom is 0.254 e. The van der Waals surface area contributed by atoms with Crippen LogP contribution in [-0.4, -0.2) is 47.5 Å². The van der Waals surface area contributed by atoms with E-state index in [2.05, 4.69) is 10.3 Å². The summed E-state index contributed by atoms with van der Waals surface area (Å²) in [6, 6.07) is 12.8. The number of carbonyl (C=O) groups is 2. The molecule has 8 heteroatoms. The summed E-state index contributed by atoms with van der Waals surface area (Å²) in [5.74, 6) is 0.109. The number of amides is 2. The zero-order valence-corrected chi connectivity index (χ0v) is 20.3. The van der Waals surface area contributed by atoms with E-state index in [9.17, 15) is 9.59 Å². The number of aryl methyl sites for hydroxylation is 1. The predicted octanol–water partition coefficient (Wildman–Crippen LogP) is 4.60. The van der Waals surface area contributed by atoms with E-state index in [1.165, 1.54) is 11.3 Å². The molecular weight excluding hydrogens is 450 g/mol. The highest BCUT2D eigenvalue weighted by Gasteiger charge is 2.25. The average molecular weight is 480 g/mol. The van der Waals surface area contributed by atoms with Crippen molar-refractivity contribution in [2.75, 3.05) is 25.0 Å². The van der Waals surface area contributed by atoms with Gasteiger partial charge in [0.1, 0.15) is 18.9 Å². The summed E-state index contributed by atoms with van der Waals surface area (Å²) in [4.78, 5) is 32.1. The standard InChI is InChI=1S/C26H29N3O4S/c1-18-6-3-10-24(19(18)2)28-25(30)14-29(13-23-9-5-11-32-23)26(31)20-7-4-8-22(12-20)33-15-21-16-34-17-27-21/h3-4,6-8,10,12,16-17,23H,5,9,11,13-15H2,1-2H3,(H,28,30). The van der Waals surface area contributed by atoms with Crippen molar-refractivity contribution in [1.82, 2.24) is 9.88 Å². The normalized spacial score (nSPS) is 15.2. The molecule has 0 radical (unpaired) electrons. The smallest absolute Gasteiger partial charge is 0.254 e. The fourth-order valence-electron chi connectivity index (χ4n) is 3.87. The number of nitrogens with one attached hydrogen (secondary N) is 1. The Morgan fingerprint density at radius 3 is 2.85 bits per heavy atom. The SMILES string of the molecule is Cc1cccc(NC(=O)CN(CC2CCCO2)C(=O)c2cccc(OCc3cscn3)c2)c1C. The molecule has 1 aromatic heterocycles. The minimum atomic E-state index is -0.240. The van der Waals surface area contributed by atoms with Gasteiger partial charge in [-0.3, -0.25) is 9.59 Å². The molecule has 7 nitrogen and oxygen atoms in total. The van der Waals surface area contributed by atoms with Crippen LogP contribution in [0.3, 0.4) is 0 Å². The first kappa shape index (κ1) is 23.9. The maximum absolute atomic E-state index is 13.5. The molecule has 34 heavy (non-hydrogen) atoms. The van der Waals surface area contributed by atoms with Gasteiger partial charge in [0.25, 0.3) is 5.91 Å². The zero-order valence-electron chi connectivity index (χ0n) is 19.5. The van der Waals surface area contributed by atoms with Gasteiger partial charge < -0.3 is 19.7 Å². The number of thiazole rings is 1. The number of nitrogens with zero attached hydrogens (tertiary/aromatic N) is 2. The van der Waals surface area contributed by atoms with E-state index in [0.717, 1.165) is 35.3 Å². The molecule has 1 N–H and O–H groups in total. The Morgan fingerprint density at radius 2 is 2.09 bits per heavy atom. The summed E-state index contributed by atoms with van der Waals surface area (Å²) in [6.45, 7) is 5.29. The summed E-state index contributed by atoms with van der Waals surface area (Å²) < 4.78 is 11.6. The second-order valence-electron chi connectivity index (χ2n) is 8.41. The highest BCUT2D eigenvalue weighted by Crippen LogP contribution is 2.21. The van der Waals surface area contributed by atoms with Crippen LogP contribution in [0.2, 0.25) is 0 Å². The van der Waals surface area contributed by atoms with Gasteiger partial charge in [-0.05, 0) is 62.1 Å². The van der Waals surface area contributed by atoms with E-state index in [1.807, 2.05) is 37.4 Å². The van der Waals surface area contributed by atoms with Gasteiger partial charge in [0.2, 0.25) is 5.91 Å². The molecule has 1 saturated heterocycles. The molecule has 1 aliphatic heterocycles. The van der Waals surface area contributed by atoms with Crippen molar-refractivity contribution in [1.29, 1.82) is 0 Å². The van der Waals surface area contributed by atoms with Gasteiger partial charge in [-0.1, -0.05) is 18.2 Å². The van der Waals surface area contributed by atoms with Crippen molar-refractivity contribution >= 4 is 28.8 Å². The lowest BCUT2D eigenvalue weighted by Crippen LogP contribution is -2.42. The lowest BCUT2D eigenvalue weighted by molar-refractivity contribution is -0.117. The van der Waals surface area contributed by atoms with Gasteiger partial charge in [-0.15, -0.1) is 11.3 Å². The Balaban J connectivity index is 1.47. The lowest BCUT2D eigenvalue weighted by Gasteiger charge is -2.25. The topological polar surface area (TPSA) is 80.8 Å². The fourth-order valence-corrected chi connectivity index (χ4v) is 4.41. The molecule has 178 valence electrons. The third-order valence-corrected chi connectivity index (χ3v) is 6.53. The number of hydrogen-bond acceptors (Lipinski definition) is 6. The third kappa shape index (κ3) is 6.21. The Kier molecular flexibility index (Phi) is 7.92. The van der Waals surface area contributed by atoms with Crippen LogP contribution >= 0.6 is 11.3 Å². The summed E-state index contributed by atoms with van der Waals surface area (Å²) >= 11 is 1.51. The van der Waals surface area contributed by atoms with E-state index in [0.29, 0.717) is 31.1 Å². The second kappa shape index (κ2) is 11.3. The van der Waals surface area contributed by atoms with Crippen LogP contribution < -0.4 is 10.1 Å². The van der Waals surface area contributed by atoms with E-state index < -0.39 is 0 Å². The molecule has 2 amide bonds. The minimum Gasteiger partial charge on any atom is -0.487 e. The number of benzene rings is 2. The van der Waals surface area contributed by atoms with Crippen molar-refractivity contribution in [2.45, 2.75) is 39.4 Å². The van der Waals surface area contributed by atoms with E-state index in [1.54, 1.807) is 34.7 Å². The van der Waals surface area contributed by atoms with Gasteiger partial charge in [0.05, 0.1) is 17.3 Å². The minimum absolute atomic E-state index is 0.0595. The lowest BCUT2D eigenvalue weighted by atomic mass is 10.1. The molecule has 1 fully saturated rings. The van der Waals surface area contributed by atoms with Crippen LogP contribution in [0.25, 0.3) is 0 Å². The van der Waals surface area contributed by atoms with Crippen LogP contribution in [0.1, 0.15) is 40.0 Å². The quantitative estimate of drug-likeness (QED) is 0.485. The summed E-state index contributed by atoms with van der Waals surface area (Å²) in [5, 5.41) is 4.88. The van der Waals surface area contributed by atoms with Crippen molar-refractivity contribution < 1.29 is 19.1 Å². The van der Waals surface area contributed by atoms with Crippen molar-refractivity contribution in [3.63, 3.8) is 0 Å². The van der Waals surface area contributed by atoms with Crippen LogP contribution in [-0.2, 0) is 16.1 Å². The summed E-state index contributed by atoms with van der Waals surface area (Å²) in [7, 11) is 0. The molecule has 1 aliphatic rings. The van der Waals surface area contributed by atoms with Gasteiger partial charge in [-0.2, -0.15) is 0 Å². The highest BCUT2D eigenvalue weighted by atomic mass is 32.1. The molecule has 2 heterocycles. The molecule has 0 saturated carbocycles. The largest absolute Gasteiger partial charge is 0.487 e. The summed E-state index contributed by atoms with van der Waals surface area (Å²) in [5.41, 5.74) is 5.92. The Bertz CT molecular complexity index is 1130. The van der Waals surface area contributed by atoms with Gasteiger partial charge in [-0.25, -0.2) is 4.98 Å². The number of carbonyl (C=O) groups excluding carboxylic acids is 2. The zero-order chi connectivity index (χ0) is 23.9. The van der Waals surface area contributed by atoms with E-state index in [4.69, 9.17) is 9.47 Å². The number of ether oxygens (including phenoxy) is 2. The number of anilines is 1. The molecule has 3 aromatic rings. The number of rotatable bonds is 9. The summed E-state index contributed by atoms with van der Waals surface area (Å²) in [6.07, 6.45) is 1.77. The molecule has 4 rings (SSSR count). The van der Waals surface area contributed by atoms with Crippen LogP contribution in [0.4, 0.5) is 5.69 Å². The number of aromatic nitrogens is 1. The van der Waals surface area contributed by atoms with Crippen LogP contribution in [0, 0.1) is 13.8 Å². The van der Waals surface area contributed by atoms with Crippen molar-refractivity contribution in [3.8, 4) is 5.75 Å². The second-order valence-corrected chi connectivity index (χ2v) is 9.13. The van der Waals surface area contributed by atoms with Gasteiger partial charge in [0.15, 0.2) is 0 Å². The first-order valence-electron chi connectivity index (χ1n) is 11.4. The Labute approximate surface area is 203 Å². The predicted molar refractivity (Wildman–Crippen MR) is 132 cm³/mol. The van der Waals surface area contributed by atoms with E-state index in [-0.39, 0.29) is 24.5 Å². The first-order valence-corrected chi connectivity index (χ1v) is 12.3. The molecule has 0 aliphatic carbocycles. The molecule has 1 unspecified atom stereocenters. The van der Waals surface area contributed by atoms with Crippen molar-refractivity contribution in [3.05, 3.63) is 75.7 Å². The average Bonchev–Trinajstić information content (AvgIpc) is 3.54. The van der Waals surface area contributed by atoms with E-state index >= 15 is 0 Å². The van der Waals surface area contributed by atoms with Crippen LogP contribution in [0.5, 0.6) is 5.75 Å².